The largest absolute Gasteiger partial charge is 0.304 e. The Morgan fingerprint density at radius 2 is 2.00 bits per heavy atom. The number of nitrogens with zero attached hydrogens (tertiary/aromatic N) is 2. The lowest BCUT2D eigenvalue weighted by atomic mass is 10.1. The lowest BCUT2D eigenvalue weighted by Crippen LogP contribution is -2.51. The van der Waals surface area contributed by atoms with E-state index in [-0.39, 0.29) is 6.04 Å². The molecule has 1 aliphatic heterocycles. The first-order chi connectivity index (χ1) is 9.61. The predicted molar refractivity (Wildman–Crippen MR) is 83.4 cm³/mol. The Bertz CT molecular complexity index is 521. The van der Waals surface area contributed by atoms with E-state index < -0.39 is 10.2 Å². The summed E-state index contributed by atoms with van der Waals surface area (Å²) in [5.74, 6) is 0.353. The summed E-state index contributed by atoms with van der Waals surface area (Å²) in [6, 6.07) is 9.13. The van der Waals surface area contributed by atoms with Crippen LogP contribution in [0.2, 0.25) is 0 Å². The topological polar surface area (TPSA) is 40.6 Å². The Labute approximate surface area is 126 Å². The summed E-state index contributed by atoms with van der Waals surface area (Å²) in [6.45, 7) is 2.82. The molecule has 1 unspecified atom stereocenters. The Morgan fingerprint density at radius 3 is 2.60 bits per heavy atom. The Morgan fingerprint density at radius 1 is 1.30 bits per heavy atom. The number of anilines is 1. The SMILES string of the molecule is CCN(c1ccccc1)S(=O)(=O)N1CCCCC1CCl. The second-order valence-corrected chi connectivity index (χ2v) is 7.04. The lowest BCUT2D eigenvalue weighted by molar-refractivity contribution is 0.270. The minimum absolute atomic E-state index is 0.0896. The smallest absolute Gasteiger partial charge is 0.258 e. The number of benzene rings is 1. The first-order valence-electron chi connectivity index (χ1n) is 7.01. The van der Waals surface area contributed by atoms with Crippen LogP contribution < -0.4 is 4.31 Å². The van der Waals surface area contributed by atoms with Crippen LogP contribution in [0.4, 0.5) is 5.69 Å². The third kappa shape index (κ3) is 3.10. The summed E-state index contributed by atoms with van der Waals surface area (Å²) in [5, 5.41) is 0. The summed E-state index contributed by atoms with van der Waals surface area (Å²) in [6.07, 6.45) is 2.79. The highest BCUT2D eigenvalue weighted by molar-refractivity contribution is 7.90. The van der Waals surface area contributed by atoms with Crippen molar-refractivity contribution in [3.8, 4) is 0 Å². The zero-order valence-corrected chi connectivity index (χ0v) is 13.3. The normalized spacial score (nSPS) is 20.8. The molecule has 0 radical (unpaired) electrons. The molecular formula is C14H21ClN2O2S. The first-order valence-corrected chi connectivity index (χ1v) is 8.95. The van der Waals surface area contributed by atoms with Crippen LogP contribution in [0.3, 0.4) is 0 Å². The minimum atomic E-state index is -3.51. The molecule has 1 fully saturated rings. The highest BCUT2D eigenvalue weighted by atomic mass is 35.5. The summed E-state index contributed by atoms with van der Waals surface area (Å²) >= 11 is 5.95. The minimum Gasteiger partial charge on any atom is -0.258 e. The van der Waals surface area contributed by atoms with Gasteiger partial charge in [0.05, 0.1) is 5.69 Å². The molecule has 2 rings (SSSR count). The van der Waals surface area contributed by atoms with E-state index in [1.807, 2.05) is 37.3 Å². The second-order valence-electron chi connectivity index (χ2n) is 4.92. The number of piperidine rings is 1. The molecular weight excluding hydrogens is 296 g/mol. The van der Waals surface area contributed by atoms with Gasteiger partial charge < -0.3 is 0 Å². The molecule has 1 atom stereocenters. The number of para-hydroxylation sites is 1. The highest BCUT2D eigenvalue weighted by Gasteiger charge is 2.35. The van der Waals surface area contributed by atoms with Gasteiger partial charge in [-0.15, -0.1) is 11.6 Å². The third-order valence-electron chi connectivity index (χ3n) is 3.66. The Hall–Kier alpha value is -0.780. The van der Waals surface area contributed by atoms with Crippen LogP contribution in [-0.2, 0) is 10.2 Å². The molecule has 112 valence electrons. The molecule has 1 aromatic rings. The van der Waals surface area contributed by atoms with Crippen molar-refractivity contribution < 1.29 is 8.42 Å². The Kier molecular flexibility index (Phi) is 5.29. The molecule has 0 aromatic heterocycles. The maximum atomic E-state index is 12.9. The number of alkyl halides is 1. The number of hydrogen-bond donors (Lipinski definition) is 0. The van der Waals surface area contributed by atoms with Crippen molar-refractivity contribution in [1.29, 1.82) is 0 Å². The van der Waals surface area contributed by atoms with E-state index in [0.29, 0.717) is 24.7 Å². The maximum Gasteiger partial charge on any atom is 0.304 e. The highest BCUT2D eigenvalue weighted by Crippen LogP contribution is 2.26. The van der Waals surface area contributed by atoms with Gasteiger partial charge in [-0.3, -0.25) is 4.31 Å². The van der Waals surface area contributed by atoms with Gasteiger partial charge in [-0.25, -0.2) is 0 Å². The molecule has 1 saturated heterocycles. The summed E-state index contributed by atoms with van der Waals surface area (Å²) in [5.41, 5.74) is 0.703. The fourth-order valence-corrected chi connectivity index (χ4v) is 4.92. The number of rotatable bonds is 5. The van der Waals surface area contributed by atoms with Gasteiger partial charge in [-0.2, -0.15) is 12.7 Å². The van der Waals surface area contributed by atoms with E-state index in [2.05, 4.69) is 0 Å². The standard InChI is InChI=1S/C14H21ClN2O2S/c1-2-16(13-8-4-3-5-9-13)20(18,19)17-11-7-6-10-14(17)12-15/h3-5,8-9,14H,2,6-7,10-12H2,1H3. The van der Waals surface area contributed by atoms with Crippen LogP contribution in [0, 0.1) is 0 Å². The molecule has 0 amide bonds. The molecule has 0 aliphatic carbocycles. The molecule has 4 nitrogen and oxygen atoms in total. The van der Waals surface area contributed by atoms with Gasteiger partial charge in [0.2, 0.25) is 0 Å². The van der Waals surface area contributed by atoms with Crippen LogP contribution >= 0.6 is 11.6 Å². The zero-order chi connectivity index (χ0) is 14.6. The van der Waals surface area contributed by atoms with Gasteiger partial charge in [0.25, 0.3) is 0 Å². The lowest BCUT2D eigenvalue weighted by Gasteiger charge is -2.37. The zero-order valence-electron chi connectivity index (χ0n) is 11.7. The monoisotopic (exact) mass is 316 g/mol. The molecule has 1 aromatic carbocycles. The maximum absolute atomic E-state index is 12.9. The van der Waals surface area contributed by atoms with Crippen LogP contribution in [0.15, 0.2) is 30.3 Å². The molecule has 0 bridgehead atoms. The molecule has 1 aliphatic rings. The Balaban J connectivity index is 2.31. The van der Waals surface area contributed by atoms with E-state index in [4.69, 9.17) is 11.6 Å². The fraction of sp³-hybridized carbons (Fsp3) is 0.571. The first kappa shape index (κ1) is 15.6. The van der Waals surface area contributed by atoms with Gasteiger partial charge in [-0.05, 0) is 31.9 Å². The predicted octanol–water partition coefficient (Wildman–Crippen LogP) is 2.85. The van der Waals surface area contributed by atoms with Gasteiger partial charge in [0, 0.05) is 25.0 Å². The molecule has 20 heavy (non-hydrogen) atoms. The van der Waals surface area contributed by atoms with Crippen molar-refractivity contribution in [1.82, 2.24) is 4.31 Å². The van der Waals surface area contributed by atoms with Crippen molar-refractivity contribution in [3.05, 3.63) is 30.3 Å². The van der Waals surface area contributed by atoms with Crippen molar-refractivity contribution in [2.45, 2.75) is 32.2 Å². The van der Waals surface area contributed by atoms with Crippen LogP contribution in [0.5, 0.6) is 0 Å². The molecule has 1 heterocycles. The van der Waals surface area contributed by atoms with Gasteiger partial charge in [-0.1, -0.05) is 24.6 Å². The van der Waals surface area contributed by atoms with Crippen molar-refractivity contribution in [3.63, 3.8) is 0 Å². The van der Waals surface area contributed by atoms with Crippen molar-refractivity contribution in [2.24, 2.45) is 0 Å². The van der Waals surface area contributed by atoms with E-state index in [1.165, 1.54) is 4.31 Å². The molecule has 0 saturated carbocycles. The van der Waals surface area contributed by atoms with Gasteiger partial charge >= 0.3 is 10.2 Å². The summed E-state index contributed by atoms with van der Waals surface area (Å²) in [7, 11) is -3.51. The van der Waals surface area contributed by atoms with Crippen LogP contribution in [0.25, 0.3) is 0 Å². The molecule has 0 spiro atoms. The average Bonchev–Trinajstić information content (AvgIpc) is 2.48. The van der Waals surface area contributed by atoms with E-state index in [1.54, 1.807) is 4.31 Å². The van der Waals surface area contributed by atoms with E-state index in [9.17, 15) is 8.42 Å². The van der Waals surface area contributed by atoms with Crippen molar-refractivity contribution >= 4 is 27.5 Å². The second kappa shape index (κ2) is 6.78. The fourth-order valence-electron chi connectivity index (χ4n) is 2.63. The number of hydrogen-bond acceptors (Lipinski definition) is 2. The summed E-state index contributed by atoms with van der Waals surface area (Å²) in [4.78, 5) is 0. The number of halogens is 1. The third-order valence-corrected chi connectivity index (χ3v) is 6.11. The van der Waals surface area contributed by atoms with E-state index >= 15 is 0 Å². The molecule has 0 N–H and O–H groups in total. The van der Waals surface area contributed by atoms with Crippen LogP contribution in [0.1, 0.15) is 26.2 Å². The summed E-state index contributed by atoms with van der Waals surface area (Å²) < 4.78 is 28.8. The average molecular weight is 317 g/mol. The van der Waals surface area contributed by atoms with E-state index in [0.717, 1.165) is 19.3 Å². The molecule has 6 heteroatoms. The van der Waals surface area contributed by atoms with Crippen LogP contribution in [-0.4, -0.2) is 37.7 Å². The van der Waals surface area contributed by atoms with Crippen molar-refractivity contribution in [2.75, 3.05) is 23.3 Å². The quantitative estimate of drug-likeness (QED) is 0.784. The van der Waals surface area contributed by atoms with Gasteiger partial charge in [0.1, 0.15) is 0 Å². The van der Waals surface area contributed by atoms with Gasteiger partial charge in [0.15, 0.2) is 0 Å².